The number of ketones is 1. The topological polar surface area (TPSA) is 34.9 Å². The number of carbonyl (C=O) groups is 1. The lowest BCUT2D eigenvalue weighted by molar-refractivity contribution is -0.120. The number of nitrogens with zero attached hydrogens (tertiary/aromatic N) is 2. The number of hydrogen-bond acceptors (Lipinski definition) is 2. The standard InChI is InChI=1S/C10H11BrN2O/c11-9-8-4-3-7(14)5-13(8)10(12-9)6-1-2-6/h6H,1-5H2. The summed E-state index contributed by atoms with van der Waals surface area (Å²) in [5, 5.41) is 0. The van der Waals surface area contributed by atoms with Gasteiger partial charge < -0.3 is 4.57 Å². The first kappa shape index (κ1) is 8.65. The molecule has 1 saturated carbocycles. The molecule has 1 fully saturated rings. The van der Waals surface area contributed by atoms with Crippen LogP contribution in [-0.4, -0.2) is 15.3 Å². The van der Waals surface area contributed by atoms with Crippen LogP contribution in [0.5, 0.6) is 0 Å². The highest BCUT2D eigenvalue weighted by Gasteiger charge is 2.32. The summed E-state index contributed by atoms with van der Waals surface area (Å²) >= 11 is 3.48. The molecule has 3 rings (SSSR count). The van der Waals surface area contributed by atoms with Crippen molar-refractivity contribution in [1.29, 1.82) is 0 Å². The molecule has 0 radical (unpaired) electrons. The molecule has 1 aromatic rings. The number of Topliss-reactive ketones (excluding diaryl/α,β-unsaturated/α-hetero) is 1. The molecule has 0 saturated heterocycles. The zero-order chi connectivity index (χ0) is 9.71. The third-order valence-corrected chi connectivity index (χ3v) is 3.61. The fourth-order valence-corrected chi connectivity index (χ4v) is 2.65. The molecule has 74 valence electrons. The van der Waals surface area contributed by atoms with Gasteiger partial charge in [-0.15, -0.1) is 0 Å². The van der Waals surface area contributed by atoms with E-state index in [4.69, 9.17) is 0 Å². The van der Waals surface area contributed by atoms with Crippen LogP contribution in [0.25, 0.3) is 0 Å². The van der Waals surface area contributed by atoms with Gasteiger partial charge in [-0.1, -0.05) is 0 Å². The molecule has 0 spiro atoms. The Morgan fingerprint density at radius 3 is 2.86 bits per heavy atom. The Morgan fingerprint density at radius 2 is 2.14 bits per heavy atom. The molecule has 0 aromatic carbocycles. The van der Waals surface area contributed by atoms with Crippen LogP contribution in [0.3, 0.4) is 0 Å². The van der Waals surface area contributed by atoms with E-state index in [2.05, 4.69) is 25.5 Å². The van der Waals surface area contributed by atoms with Crippen LogP contribution >= 0.6 is 15.9 Å². The number of rotatable bonds is 1. The number of fused-ring (bicyclic) bond motifs is 1. The molecule has 2 aliphatic rings. The molecule has 4 heteroatoms. The van der Waals surface area contributed by atoms with Crippen molar-refractivity contribution in [3.05, 3.63) is 16.1 Å². The lowest BCUT2D eigenvalue weighted by Crippen LogP contribution is -2.21. The van der Waals surface area contributed by atoms with Crippen LogP contribution in [0, 0.1) is 0 Å². The van der Waals surface area contributed by atoms with Gasteiger partial charge in [0.25, 0.3) is 0 Å². The highest BCUT2D eigenvalue weighted by atomic mass is 79.9. The summed E-state index contributed by atoms with van der Waals surface area (Å²) in [6.07, 6.45) is 3.99. The van der Waals surface area contributed by atoms with Crippen LogP contribution in [0.1, 0.15) is 36.7 Å². The van der Waals surface area contributed by atoms with Gasteiger partial charge in [0.2, 0.25) is 0 Å². The second kappa shape index (κ2) is 2.92. The quantitative estimate of drug-likeness (QED) is 0.769. The fraction of sp³-hybridized carbons (Fsp3) is 0.600. The monoisotopic (exact) mass is 254 g/mol. The SMILES string of the molecule is O=C1CCc2c(Br)nc(C3CC3)n2C1. The van der Waals surface area contributed by atoms with E-state index >= 15 is 0 Å². The molecule has 0 unspecified atom stereocenters. The molecule has 1 aliphatic heterocycles. The number of aromatic nitrogens is 2. The number of hydrogen-bond donors (Lipinski definition) is 0. The van der Waals surface area contributed by atoms with Crippen molar-refractivity contribution in [2.75, 3.05) is 0 Å². The van der Waals surface area contributed by atoms with Crippen LogP contribution in [0.15, 0.2) is 4.60 Å². The summed E-state index contributed by atoms with van der Waals surface area (Å²) in [6.45, 7) is 0.541. The molecule has 0 N–H and O–H groups in total. The van der Waals surface area contributed by atoms with Crippen molar-refractivity contribution in [2.45, 2.75) is 38.1 Å². The average molecular weight is 255 g/mol. The molecule has 14 heavy (non-hydrogen) atoms. The lowest BCUT2D eigenvalue weighted by Gasteiger charge is -2.15. The van der Waals surface area contributed by atoms with Gasteiger partial charge >= 0.3 is 0 Å². The zero-order valence-electron chi connectivity index (χ0n) is 7.79. The van der Waals surface area contributed by atoms with Gasteiger partial charge in [0.05, 0.1) is 12.2 Å². The third-order valence-electron chi connectivity index (χ3n) is 2.97. The van der Waals surface area contributed by atoms with Crippen molar-refractivity contribution in [3.8, 4) is 0 Å². The van der Waals surface area contributed by atoms with Crippen molar-refractivity contribution in [2.24, 2.45) is 0 Å². The fourth-order valence-electron chi connectivity index (χ4n) is 2.06. The molecular formula is C10H11BrN2O. The van der Waals surface area contributed by atoms with E-state index in [1.54, 1.807) is 0 Å². The van der Waals surface area contributed by atoms with E-state index in [0.29, 0.717) is 24.7 Å². The number of halogens is 1. The van der Waals surface area contributed by atoms with Crippen molar-refractivity contribution in [3.63, 3.8) is 0 Å². The first-order valence-electron chi connectivity index (χ1n) is 5.02. The summed E-state index contributed by atoms with van der Waals surface area (Å²) < 4.78 is 3.07. The normalized spacial score (nSPS) is 21.1. The minimum Gasteiger partial charge on any atom is -0.323 e. The molecule has 1 aliphatic carbocycles. The maximum atomic E-state index is 11.4. The van der Waals surface area contributed by atoms with Gasteiger partial charge in [-0.05, 0) is 35.2 Å². The molecule has 0 amide bonds. The first-order chi connectivity index (χ1) is 6.75. The minimum absolute atomic E-state index is 0.337. The summed E-state index contributed by atoms with van der Waals surface area (Å²) in [4.78, 5) is 15.9. The number of carbonyl (C=O) groups excluding carboxylic acids is 1. The van der Waals surface area contributed by atoms with E-state index in [1.807, 2.05) is 0 Å². The summed E-state index contributed by atoms with van der Waals surface area (Å²) in [5.74, 6) is 2.08. The predicted molar refractivity (Wildman–Crippen MR) is 55.2 cm³/mol. The predicted octanol–water partition coefficient (Wildman–Crippen LogP) is 2.04. The average Bonchev–Trinajstić information content (AvgIpc) is 2.93. The van der Waals surface area contributed by atoms with E-state index < -0.39 is 0 Å². The Kier molecular flexibility index (Phi) is 1.81. The first-order valence-corrected chi connectivity index (χ1v) is 5.81. The van der Waals surface area contributed by atoms with Gasteiger partial charge in [0, 0.05) is 12.3 Å². The molecule has 0 atom stereocenters. The van der Waals surface area contributed by atoms with Crippen molar-refractivity contribution in [1.82, 2.24) is 9.55 Å². The van der Waals surface area contributed by atoms with E-state index in [9.17, 15) is 4.79 Å². The third kappa shape index (κ3) is 1.24. The Labute approximate surface area is 90.6 Å². The number of imidazole rings is 1. The molecule has 2 heterocycles. The van der Waals surface area contributed by atoms with E-state index in [-0.39, 0.29) is 0 Å². The lowest BCUT2D eigenvalue weighted by atomic mass is 10.1. The van der Waals surface area contributed by atoms with Gasteiger partial charge in [0.15, 0.2) is 5.78 Å². The molecular weight excluding hydrogens is 244 g/mol. The Morgan fingerprint density at radius 1 is 1.36 bits per heavy atom. The highest BCUT2D eigenvalue weighted by Crippen LogP contribution is 2.41. The van der Waals surface area contributed by atoms with Gasteiger partial charge in [-0.2, -0.15) is 0 Å². The minimum atomic E-state index is 0.337. The molecule has 3 nitrogen and oxygen atoms in total. The second-order valence-corrected chi connectivity index (χ2v) is 4.86. The highest BCUT2D eigenvalue weighted by molar-refractivity contribution is 9.10. The second-order valence-electron chi connectivity index (χ2n) is 4.11. The Hall–Kier alpha value is -0.640. The summed E-state index contributed by atoms with van der Waals surface area (Å²) in [7, 11) is 0. The molecule has 1 aromatic heterocycles. The van der Waals surface area contributed by atoms with Crippen LogP contribution in [0.4, 0.5) is 0 Å². The largest absolute Gasteiger partial charge is 0.323 e. The Bertz CT molecular complexity index is 406. The van der Waals surface area contributed by atoms with Gasteiger partial charge in [0.1, 0.15) is 10.4 Å². The van der Waals surface area contributed by atoms with Gasteiger partial charge in [-0.3, -0.25) is 4.79 Å². The van der Waals surface area contributed by atoms with Gasteiger partial charge in [-0.25, -0.2) is 4.98 Å². The van der Waals surface area contributed by atoms with Crippen LogP contribution in [0.2, 0.25) is 0 Å². The maximum Gasteiger partial charge on any atom is 0.152 e. The van der Waals surface area contributed by atoms with Crippen molar-refractivity contribution < 1.29 is 4.79 Å². The van der Waals surface area contributed by atoms with Crippen molar-refractivity contribution >= 4 is 21.7 Å². The van der Waals surface area contributed by atoms with E-state index in [0.717, 1.165) is 16.8 Å². The maximum absolute atomic E-state index is 11.4. The summed E-state index contributed by atoms with van der Waals surface area (Å²) in [5.41, 5.74) is 1.21. The summed E-state index contributed by atoms with van der Waals surface area (Å²) in [6, 6.07) is 0. The smallest absolute Gasteiger partial charge is 0.152 e. The van der Waals surface area contributed by atoms with E-state index in [1.165, 1.54) is 18.5 Å². The van der Waals surface area contributed by atoms with Crippen LogP contribution < -0.4 is 0 Å². The zero-order valence-corrected chi connectivity index (χ0v) is 9.38. The Balaban J connectivity index is 2.09. The molecule has 0 bridgehead atoms. The van der Waals surface area contributed by atoms with Crippen LogP contribution in [-0.2, 0) is 17.8 Å².